The van der Waals surface area contributed by atoms with E-state index >= 15 is 0 Å². The normalized spacial score (nSPS) is 11.7. The number of azo groups is 1. The molecular formula is C18H18N8. The Morgan fingerprint density at radius 3 is 2.58 bits per heavy atom. The molecule has 3 aromatic heterocycles. The quantitative estimate of drug-likeness (QED) is 0.532. The average molecular weight is 346 g/mol. The van der Waals surface area contributed by atoms with Gasteiger partial charge in [0.05, 0.1) is 11.3 Å². The number of H-pyrrole nitrogens is 2. The Morgan fingerprint density at radius 1 is 1.08 bits per heavy atom. The molecule has 0 atom stereocenters. The van der Waals surface area contributed by atoms with Crippen molar-refractivity contribution in [2.75, 3.05) is 0 Å². The van der Waals surface area contributed by atoms with Gasteiger partial charge in [0.15, 0.2) is 17.2 Å². The average Bonchev–Trinajstić information content (AvgIpc) is 3.29. The minimum Gasteiger partial charge on any atom is -0.259 e. The number of nitrogens with one attached hydrogen (secondary N) is 2. The van der Waals surface area contributed by atoms with Crippen LogP contribution in [0.2, 0.25) is 0 Å². The Morgan fingerprint density at radius 2 is 1.85 bits per heavy atom. The van der Waals surface area contributed by atoms with Gasteiger partial charge in [-0.2, -0.15) is 19.8 Å². The molecule has 26 heavy (non-hydrogen) atoms. The molecule has 8 nitrogen and oxygen atoms in total. The van der Waals surface area contributed by atoms with E-state index in [0.717, 1.165) is 28.2 Å². The summed E-state index contributed by atoms with van der Waals surface area (Å²) in [5.74, 6) is 1.34. The van der Waals surface area contributed by atoms with Crippen molar-refractivity contribution in [3.63, 3.8) is 0 Å². The lowest BCUT2D eigenvalue weighted by Crippen LogP contribution is -1.89. The molecular weight excluding hydrogens is 328 g/mol. The molecule has 0 aliphatic heterocycles. The lowest BCUT2D eigenvalue weighted by atomic mass is 10.1. The third-order valence-corrected chi connectivity index (χ3v) is 4.14. The Balaban J connectivity index is 1.82. The van der Waals surface area contributed by atoms with Crippen LogP contribution in [0.15, 0.2) is 47.1 Å². The Labute approximate surface area is 149 Å². The van der Waals surface area contributed by atoms with Crippen molar-refractivity contribution in [1.82, 2.24) is 30.0 Å². The van der Waals surface area contributed by atoms with E-state index in [9.17, 15) is 0 Å². The summed E-state index contributed by atoms with van der Waals surface area (Å²) in [6, 6.07) is 9.98. The van der Waals surface area contributed by atoms with Gasteiger partial charge in [-0.25, -0.2) is 0 Å². The highest BCUT2D eigenvalue weighted by atomic mass is 15.4. The number of aromatic nitrogens is 6. The van der Waals surface area contributed by atoms with E-state index < -0.39 is 0 Å². The number of allylic oxidation sites excluding steroid dienone is 1. The molecule has 0 bridgehead atoms. The maximum atomic E-state index is 4.51. The van der Waals surface area contributed by atoms with E-state index in [4.69, 9.17) is 0 Å². The van der Waals surface area contributed by atoms with Crippen molar-refractivity contribution < 1.29 is 0 Å². The van der Waals surface area contributed by atoms with Crippen molar-refractivity contribution in [3.05, 3.63) is 54.1 Å². The van der Waals surface area contributed by atoms with Gasteiger partial charge in [-0.15, -0.1) is 10.2 Å². The highest BCUT2D eigenvalue weighted by Gasteiger charge is 2.18. The molecule has 0 aliphatic carbocycles. The second-order valence-electron chi connectivity index (χ2n) is 6.11. The number of aromatic amines is 2. The first-order chi connectivity index (χ1) is 12.6. The third-order valence-electron chi connectivity index (χ3n) is 4.14. The van der Waals surface area contributed by atoms with Gasteiger partial charge >= 0.3 is 0 Å². The first kappa shape index (κ1) is 15.9. The van der Waals surface area contributed by atoms with Crippen LogP contribution in [0, 0.1) is 13.8 Å². The summed E-state index contributed by atoms with van der Waals surface area (Å²) in [6.07, 6.45) is 0. The molecule has 130 valence electrons. The van der Waals surface area contributed by atoms with Gasteiger partial charge in [0.1, 0.15) is 11.5 Å². The van der Waals surface area contributed by atoms with Crippen LogP contribution in [0.3, 0.4) is 0 Å². The van der Waals surface area contributed by atoms with Crippen LogP contribution in [0.1, 0.15) is 24.1 Å². The van der Waals surface area contributed by atoms with E-state index in [1.54, 1.807) is 4.52 Å². The first-order valence-corrected chi connectivity index (χ1v) is 8.18. The molecule has 0 fully saturated rings. The zero-order valence-corrected chi connectivity index (χ0v) is 14.8. The smallest absolute Gasteiger partial charge is 0.180 e. The first-order valence-electron chi connectivity index (χ1n) is 8.18. The van der Waals surface area contributed by atoms with E-state index in [-0.39, 0.29) is 0 Å². The van der Waals surface area contributed by atoms with Gasteiger partial charge in [-0.05, 0) is 31.9 Å². The summed E-state index contributed by atoms with van der Waals surface area (Å²) in [7, 11) is 0. The number of rotatable bonds is 4. The Bertz CT molecular complexity index is 1130. The molecule has 4 aromatic rings. The van der Waals surface area contributed by atoms with Crippen molar-refractivity contribution in [3.8, 4) is 11.1 Å². The zero-order valence-electron chi connectivity index (χ0n) is 14.8. The Kier molecular flexibility index (Phi) is 3.72. The molecule has 0 aliphatic rings. The second kappa shape index (κ2) is 6.07. The SMILES string of the molecule is C=C(C)c1nn2c(C)n[nH]c2c1N=Nc1[nH]nc(C)c1-c1ccccc1. The largest absolute Gasteiger partial charge is 0.259 e. The molecule has 2 N–H and O–H groups in total. The van der Waals surface area contributed by atoms with E-state index in [2.05, 4.69) is 42.3 Å². The summed E-state index contributed by atoms with van der Waals surface area (Å²) in [5, 5.41) is 27.7. The number of fused-ring (bicyclic) bond motifs is 1. The van der Waals surface area contributed by atoms with Crippen molar-refractivity contribution in [1.29, 1.82) is 0 Å². The van der Waals surface area contributed by atoms with Gasteiger partial charge in [-0.1, -0.05) is 36.9 Å². The summed E-state index contributed by atoms with van der Waals surface area (Å²) >= 11 is 0. The fourth-order valence-electron chi connectivity index (χ4n) is 2.85. The standard InChI is InChI=1S/C18H18N8/c1-10(2)15-16(18-24-20-12(4)26(18)25-15)21-23-17-14(11(3)19-22-17)13-8-6-5-7-9-13/h5-9,24H,1H2,2-4H3,(H,19,22). The van der Waals surface area contributed by atoms with E-state index in [0.29, 0.717) is 22.8 Å². The topological polar surface area (TPSA) is 99.4 Å². The highest BCUT2D eigenvalue weighted by Crippen LogP contribution is 2.34. The lowest BCUT2D eigenvalue weighted by Gasteiger charge is -2.00. The molecule has 0 amide bonds. The van der Waals surface area contributed by atoms with Crippen molar-refractivity contribution >= 4 is 22.7 Å². The van der Waals surface area contributed by atoms with Gasteiger partial charge in [0.2, 0.25) is 0 Å². The van der Waals surface area contributed by atoms with Crippen LogP contribution in [0.5, 0.6) is 0 Å². The molecule has 8 heteroatoms. The van der Waals surface area contributed by atoms with Gasteiger partial charge in [0.25, 0.3) is 0 Å². The van der Waals surface area contributed by atoms with Crippen molar-refractivity contribution in [2.24, 2.45) is 10.2 Å². The number of hydrogen-bond donors (Lipinski definition) is 2. The summed E-state index contributed by atoms with van der Waals surface area (Å²) in [4.78, 5) is 0. The van der Waals surface area contributed by atoms with Crippen LogP contribution in [-0.2, 0) is 0 Å². The van der Waals surface area contributed by atoms with Crippen LogP contribution < -0.4 is 0 Å². The summed E-state index contributed by atoms with van der Waals surface area (Å²) in [6.45, 7) is 9.68. The van der Waals surface area contributed by atoms with Gasteiger partial charge in [-0.3, -0.25) is 10.2 Å². The third kappa shape index (κ3) is 2.52. The molecule has 0 saturated carbocycles. The van der Waals surface area contributed by atoms with Gasteiger partial charge in [0, 0.05) is 0 Å². The van der Waals surface area contributed by atoms with Crippen LogP contribution in [-0.4, -0.2) is 30.0 Å². The number of aryl methyl sites for hydroxylation is 2. The molecule has 3 heterocycles. The van der Waals surface area contributed by atoms with Gasteiger partial charge < -0.3 is 0 Å². The summed E-state index contributed by atoms with van der Waals surface area (Å²) < 4.78 is 1.70. The number of hydrogen-bond acceptors (Lipinski definition) is 5. The molecule has 4 rings (SSSR count). The minimum absolute atomic E-state index is 0.594. The monoisotopic (exact) mass is 346 g/mol. The Hall–Kier alpha value is -3.55. The summed E-state index contributed by atoms with van der Waals surface area (Å²) in [5.41, 5.74) is 5.59. The molecule has 1 aromatic carbocycles. The van der Waals surface area contributed by atoms with Crippen LogP contribution >= 0.6 is 0 Å². The fraction of sp³-hybridized carbons (Fsp3) is 0.167. The molecule has 0 unspecified atom stereocenters. The minimum atomic E-state index is 0.594. The van der Waals surface area contributed by atoms with Crippen LogP contribution in [0.25, 0.3) is 22.3 Å². The van der Waals surface area contributed by atoms with Crippen molar-refractivity contribution in [2.45, 2.75) is 20.8 Å². The predicted octanol–water partition coefficient (Wildman–Crippen LogP) is 4.51. The predicted molar refractivity (Wildman–Crippen MR) is 99.7 cm³/mol. The van der Waals surface area contributed by atoms with E-state index in [1.807, 2.05) is 51.1 Å². The number of nitrogens with zero attached hydrogens (tertiary/aromatic N) is 6. The molecule has 0 saturated heterocycles. The fourth-order valence-corrected chi connectivity index (χ4v) is 2.85. The van der Waals surface area contributed by atoms with E-state index in [1.165, 1.54) is 0 Å². The maximum absolute atomic E-state index is 4.51. The molecule has 0 spiro atoms. The highest BCUT2D eigenvalue weighted by molar-refractivity contribution is 5.79. The number of benzene rings is 1. The van der Waals surface area contributed by atoms with Crippen LogP contribution in [0.4, 0.5) is 11.5 Å². The zero-order chi connectivity index (χ0) is 18.3. The lowest BCUT2D eigenvalue weighted by molar-refractivity contribution is 0.886. The maximum Gasteiger partial charge on any atom is 0.180 e. The molecule has 0 radical (unpaired) electrons. The second-order valence-corrected chi connectivity index (χ2v) is 6.11.